The zero-order valence-electron chi connectivity index (χ0n) is 13.5. The zero-order chi connectivity index (χ0) is 17.8. The molecule has 1 aromatic carbocycles. The van der Waals surface area contributed by atoms with Crippen LogP contribution in [0.5, 0.6) is 0 Å². The number of hydrogen-bond donors (Lipinski definition) is 1. The third-order valence-electron chi connectivity index (χ3n) is 3.62. The van der Waals surface area contributed by atoms with E-state index in [1.165, 1.54) is 18.2 Å². The van der Waals surface area contributed by atoms with Crippen molar-refractivity contribution in [2.45, 2.75) is 12.6 Å². The molecule has 3 aromatic rings. The van der Waals surface area contributed by atoms with Crippen LogP contribution in [0.1, 0.15) is 17.5 Å². The summed E-state index contributed by atoms with van der Waals surface area (Å²) < 4.78 is 18.7. The van der Waals surface area contributed by atoms with Crippen LogP contribution in [0, 0.1) is 5.82 Å². The number of primary amides is 1. The average Bonchev–Trinajstić information content (AvgIpc) is 3.04. The number of rotatable bonds is 6. The van der Waals surface area contributed by atoms with Crippen molar-refractivity contribution in [3.05, 3.63) is 65.9 Å². The summed E-state index contributed by atoms with van der Waals surface area (Å²) >= 11 is 0. The minimum Gasteiger partial charge on any atom is -0.368 e. The first kappa shape index (κ1) is 16.7. The van der Waals surface area contributed by atoms with Gasteiger partial charge in [0.15, 0.2) is 0 Å². The highest BCUT2D eigenvalue weighted by atomic mass is 19.1. The summed E-state index contributed by atoms with van der Waals surface area (Å²) in [6.07, 6.45) is 1.63. The SMILES string of the molecule is CN(Cc1nc(-c2ccccn2)no1)C(C(N)=O)c1cccc(F)c1. The number of benzene rings is 1. The minimum absolute atomic E-state index is 0.171. The monoisotopic (exact) mass is 341 g/mol. The maximum Gasteiger partial charge on any atom is 0.241 e. The van der Waals surface area contributed by atoms with E-state index >= 15 is 0 Å². The molecule has 0 bridgehead atoms. The van der Waals surface area contributed by atoms with E-state index < -0.39 is 17.8 Å². The second-order valence-electron chi connectivity index (χ2n) is 5.50. The van der Waals surface area contributed by atoms with Crippen molar-refractivity contribution >= 4 is 5.91 Å². The number of pyridine rings is 1. The molecule has 1 unspecified atom stereocenters. The molecule has 1 atom stereocenters. The van der Waals surface area contributed by atoms with Crippen molar-refractivity contribution in [2.75, 3.05) is 7.05 Å². The Balaban J connectivity index is 1.79. The number of nitrogens with zero attached hydrogens (tertiary/aromatic N) is 4. The first-order valence-electron chi connectivity index (χ1n) is 7.53. The molecule has 0 spiro atoms. The molecule has 25 heavy (non-hydrogen) atoms. The Bertz CT molecular complexity index is 868. The molecule has 0 aliphatic carbocycles. The summed E-state index contributed by atoms with van der Waals surface area (Å²) in [5, 5.41) is 3.88. The first-order valence-corrected chi connectivity index (χ1v) is 7.53. The lowest BCUT2D eigenvalue weighted by Crippen LogP contribution is -2.35. The van der Waals surface area contributed by atoms with E-state index in [0.29, 0.717) is 23.0 Å². The van der Waals surface area contributed by atoms with Crippen LogP contribution in [0.15, 0.2) is 53.2 Å². The molecule has 7 nitrogen and oxygen atoms in total. The molecule has 0 aliphatic heterocycles. The molecule has 0 aliphatic rings. The summed E-state index contributed by atoms with van der Waals surface area (Å²) in [6.45, 7) is 0.171. The Morgan fingerprint density at radius 2 is 2.16 bits per heavy atom. The fourth-order valence-corrected chi connectivity index (χ4v) is 2.54. The quantitative estimate of drug-likeness (QED) is 0.735. The van der Waals surface area contributed by atoms with Gasteiger partial charge in [-0.3, -0.25) is 14.7 Å². The van der Waals surface area contributed by atoms with E-state index in [1.54, 1.807) is 36.3 Å². The number of hydrogen-bond acceptors (Lipinski definition) is 6. The van der Waals surface area contributed by atoms with Crippen molar-refractivity contribution in [1.29, 1.82) is 0 Å². The molecule has 2 aromatic heterocycles. The number of carbonyl (C=O) groups is 1. The van der Waals surface area contributed by atoms with E-state index in [-0.39, 0.29) is 6.54 Å². The summed E-state index contributed by atoms with van der Waals surface area (Å²) in [4.78, 5) is 21.9. The lowest BCUT2D eigenvalue weighted by molar-refractivity contribution is -0.123. The predicted molar refractivity (Wildman–Crippen MR) is 87.3 cm³/mol. The number of carbonyl (C=O) groups excluding carboxylic acids is 1. The van der Waals surface area contributed by atoms with E-state index in [1.807, 2.05) is 6.07 Å². The molecule has 2 heterocycles. The van der Waals surface area contributed by atoms with Gasteiger partial charge in [0.2, 0.25) is 17.6 Å². The molecule has 0 radical (unpaired) electrons. The summed E-state index contributed by atoms with van der Waals surface area (Å²) in [5.41, 5.74) is 6.53. The smallest absolute Gasteiger partial charge is 0.241 e. The van der Waals surface area contributed by atoms with Crippen LogP contribution in [0.4, 0.5) is 4.39 Å². The molecule has 128 valence electrons. The predicted octanol–water partition coefficient (Wildman–Crippen LogP) is 1.93. The molecule has 0 saturated carbocycles. The Morgan fingerprint density at radius 1 is 1.32 bits per heavy atom. The van der Waals surface area contributed by atoms with E-state index in [0.717, 1.165) is 0 Å². The van der Waals surface area contributed by atoms with Crippen molar-refractivity contribution < 1.29 is 13.7 Å². The molecule has 8 heteroatoms. The number of likely N-dealkylation sites (N-methyl/N-ethyl adjacent to an activating group) is 1. The van der Waals surface area contributed by atoms with E-state index in [4.69, 9.17) is 10.3 Å². The largest absolute Gasteiger partial charge is 0.368 e. The molecular formula is C17H16FN5O2. The first-order chi connectivity index (χ1) is 12.0. The van der Waals surface area contributed by atoms with Crippen molar-refractivity contribution in [1.82, 2.24) is 20.0 Å². The fraction of sp³-hybridized carbons (Fsp3) is 0.176. The average molecular weight is 341 g/mol. The van der Waals surface area contributed by atoms with Gasteiger partial charge in [0.1, 0.15) is 17.6 Å². The summed E-state index contributed by atoms with van der Waals surface area (Å²) in [6, 6.07) is 10.3. The van der Waals surface area contributed by atoms with Crippen molar-refractivity contribution in [2.24, 2.45) is 5.73 Å². The van der Waals surface area contributed by atoms with Gasteiger partial charge in [-0.15, -0.1) is 0 Å². The van der Waals surface area contributed by atoms with Gasteiger partial charge >= 0.3 is 0 Å². The van der Waals surface area contributed by atoms with Gasteiger partial charge in [0, 0.05) is 6.20 Å². The third-order valence-corrected chi connectivity index (χ3v) is 3.62. The lowest BCUT2D eigenvalue weighted by atomic mass is 10.0. The Kier molecular flexibility index (Phi) is 4.80. The fourth-order valence-electron chi connectivity index (χ4n) is 2.54. The lowest BCUT2D eigenvalue weighted by Gasteiger charge is -2.24. The van der Waals surface area contributed by atoms with E-state index in [9.17, 15) is 9.18 Å². The second kappa shape index (κ2) is 7.18. The van der Waals surface area contributed by atoms with Gasteiger partial charge in [-0.25, -0.2) is 4.39 Å². The third kappa shape index (κ3) is 3.86. The van der Waals surface area contributed by atoms with Gasteiger partial charge < -0.3 is 10.3 Å². The van der Waals surface area contributed by atoms with Crippen LogP contribution in [0.25, 0.3) is 11.5 Å². The normalized spacial score (nSPS) is 12.3. The summed E-state index contributed by atoms with van der Waals surface area (Å²) in [5.74, 6) is -0.388. The van der Waals surface area contributed by atoms with Gasteiger partial charge in [-0.1, -0.05) is 23.4 Å². The van der Waals surface area contributed by atoms with Gasteiger partial charge in [0.05, 0.1) is 6.54 Å². The van der Waals surface area contributed by atoms with Gasteiger partial charge in [-0.2, -0.15) is 4.98 Å². The number of amides is 1. The highest BCUT2D eigenvalue weighted by Gasteiger charge is 2.25. The number of halogens is 1. The Labute approximate surface area is 143 Å². The standard InChI is InChI=1S/C17H16FN5O2/c1-23(15(16(19)24)11-5-4-6-12(18)9-11)10-14-21-17(22-25-14)13-7-2-3-8-20-13/h2-9,15H,10H2,1H3,(H2,19,24). The number of aromatic nitrogens is 3. The van der Waals surface area contributed by atoms with Crippen LogP contribution in [-0.4, -0.2) is 33.0 Å². The highest BCUT2D eigenvalue weighted by Crippen LogP contribution is 2.22. The van der Waals surface area contributed by atoms with Crippen molar-refractivity contribution in [3.8, 4) is 11.5 Å². The van der Waals surface area contributed by atoms with Crippen LogP contribution in [-0.2, 0) is 11.3 Å². The zero-order valence-corrected chi connectivity index (χ0v) is 13.5. The molecule has 0 saturated heterocycles. The Hall–Kier alpha value is -3.13. The Morgan fingerprint density at radius 3 is 2.84 bits per heavy atom. The minimum atomic E-state index is -0.819. The van der Waals surface area contributed by atoms with E-state index in [2.05, 4.69) is 15.1 Å². The molecule has 2 N–H and O–H groups in total. The number of nitrogens with two attached hydrogens (primary N) is 1. The maximum absolute atomic E-state index is 13.5. The van der Waals surface area contributed by atoms with Gasteiger partial charge in [0.25, 0.3) is 0 Å². The van der Waals surface area contributed by atoms with Gasteiger partial charge in [-0.05, 0) is 36.9 Å². The summed E-state index contributed by atoms with van der Waals surface area (Å²) in [7, 11) is 1.67. The topological polar surface area (TPSA) is 98.1 Å². The highest BCUT2D eigenvalue weighted by molar-refractivity contribution is 5.81. The van der Waals surface area contributed by atoms with Crippen LogP contribution < -0.4 is 5.73 Å². The van der Waals surface area contributed by atoms with Crippen LogP contribution in [0.2, 0.25) is 0 Å². The molecule has 0 fully saturated rings. The molecular weight excluding hydrogens is 325 g/mol. The van der Waals surface area contributed by atoms with Crippen LogP contribution in [0.3, 0.4) is 0 Å². The molecule has 3 rings (SSSR count). The second-order valence-corrected chi connectivity index (χ2v) is 5.50. The maximum atomic E-state index is 13.5. The van der Waals surface area contributed by atoms with Crippen molar-refractivity contribution in [3.63, 3.8) is 0 Å². The molecule has 1 amide bonds. The van der Waals surface area contributed by atoms with Crippen LogP contribution >= 0.6 is 0 Å².